The van der Waals surface area contributed by atoms with E-state index in [0.29, 0.717) is 24.0 Å². The second-order valence-electron chi connectivity index (χ2n) is 5.43. The molecular weight excluding hydrogens is 218 g/mol. The fourth-order valence-corrected chi connectivity index (χ4v) is 2.67. The summed E-state index contributed by atoms with van der Waals surface area (Å²) in [5, 5.41) is 9.12. The summed E-state index contributed by atoms with van der Waals surface area (Å²) in [6.07, 6.45) is 1.79. The minimum Gasteiger partial charge on any atom is -0.477 e. The fraction of sp³-hybridized carbons (Fsp3) is 0.538. The van der Waals surface area contributed by atoms with E-state index in [1.54, 1.807) is 0 Å². The Balaban J connectivity index is 2.61. The largest absolute Gasteiger partial charge is 0.477 e. The number of carboxylic acids is 1. The molecule has 2 rings (SSSR count). The van der Waals surface area contributed by atoms with Crippen LogP contribution in [0.3, 0.4) is 0 Å². The van der Waals surface area contributed by atoms with Gasteiger partial charge < -0.3 is 10.1 Å². The Kier molecular flexibility index (Phi) is 2.60. The maximum Gasteiger partial charge on any atom is 0.352 e. The van der Waals surface area contributed by atoms with Crippen molar-refractivity contribution >= 4 is 11.8 Å². The summed E-state index contributed by atoms with van der Waals surface area (Å²) in [5.41, 5.74) is 2.18. The molecule has 92 valence electrons. The summed E-state index contributed by atoms with van der Waals surface area (Å²) in [6, 6.07) is 0. The molecule has 4 nitrogen and oxygen atoms in total. The lowest BCUT2D eigenvalue weighted by Gasteiger charge is -2.28. The monoisotopic (exact) mass is 235 g/mol. The minimum absolute atomic E-state index is 0.0665. The number of hydrogen-bond donors (Lipinski definition) is 2. The molecule has 17 heavy (non-hydrogen) atoms. The lowest BCUT2D eigenvalue weighted by molar-refractivity contribution is 0.0689. The zero-order valence-electron chi connectivity index (χ0n) is 10.4. The van der Waals surface area contributed by atoms with Crippen molar-refractivity contribution in [2.24, 2.45) is 5.41 Å². The number of carboxylic acid groups (broad SMARTS) is 1. The van der Waals surface area contributed by atoms with Crippen LogP contribution >= 0.6 is 0 Å². The summed E-state index contributed by atoms with van der Waals surface area (Å²) in [6.45, 7) is 5.93. The van der Waals surface area contributed by atoms with E-state index in [2.05, 4.69) is 4.98 Å². The summed E-state index contributed by atoms with van der Waals surface area (Å²) >= 11 is 0. The summed E-state index contributed by atoms with van der Waals surface area (Å²) in [4.78, 5) is 26.1. The highest BCUT2D eigenvalue weighted by Crippen LogP contribution is 2.37. The zero-order valence-corrected chi connectivity index (χ0v) is 10.4. The van der Waals surface area contributed by atoms with Gasteiger partial charge in [-0.3, -0.25) is 4.79 Å². The summed E-state index contributed by atoms with van der Waals surface area (Å²) in [7, 11) is 0. The molecule has 0 saturated carbocycles. The lowest BCUT2D eigenvalue weighted by atomic mass is 9.75. The first kappa shape index (κ1) is 11.9. The molecule has 0 aromatic carbocycles. The van der Waals surface area contributed by atoms with E-state index in [-0.39, 0.29) is 16.9 Å². The molecule has 0 atom stereocenters. The van der Waals surface area contributed by atoms with Crippen molar-refractivity contribution < 1.29 is 14.7 Å². The van der Waals surface area contributed by atoms with Gasteiger partial charge in [0.15, 0.2) is 5.78 Å². The van der Waals surface area contributed by atoms with Gasteiger partial charge in [0.25, 0.3) is 0 Å². The van der Waals surface area contributed by atoms with Crippen LogP contribution in [0.2, 0.25) is 0 Å². The van der Waals surface area contributed by atoms with Crippen LogP contribution in [-0.4, -0.2) is 21.8 Å². The van der Waals surface area contributed by atoms with Gasteiger partial charge in [-0.2, -0.15) is 0 Å². The van der Waals surface area contributed by atoms with Gasteiger partial charge in [-0.25, -0.2) is 4.79 Å². The Labute approximate surface area is 100 Å². The number of aromatic carboxylic acids is 1. The summed E-state index contributed by atoms with van der Waals surface area (Å²) in [5.74, 6) is -0.918. The highest BCUT2D eigenvalue weighted by atomic mass is 16.4. The Hall–Kier alpha value is -1.58. The number of aromatic nitrogens is 1. The molecular formula is C13H17NO3. The SMILES string of the molecule is CCc1c(C(=O)O)[nH]c2c1C(=O)CC(C)(C)C2. The zero-order chi connectivity index (χ0) is 12.8. The smallest absolute Gasteiger partial charge is 0.352 e. The number of H-pyrrole nitrogens is 1. The number of hydrogen-bond acceptors (Lipinski definition) is 2. The van der Waals surface area contributed by atoms with Gasteiger partial charge in [0.2, 0.25) is 0 Å². The molecule has 0 fully saturated rings. The van der Waals surface area contributed by atoms with Crippen LogP contribution < -0.4 is 0 Å². The van der Waals surface area contributed by atoms with Gasteiger partial charge in [-0.1, -0.05) is 20.8 Å². The molecule has 0 bridgehead atoms. The Bertz CT molecular complexity index is 497. The predicted octanol–water partition coefficient (Wildman–Crippen LogP) is 2.43. The quantitative estimate of drug-likeness (QED) is 0.827. The van der Waals surface area contributed by atoms with E-state index in [9.17, 15) is 9.59 Å². The van der Waals surface area contributed by atoms with Gasteiger partial charge in [0.1, 0.15) is 5.69 Å². The third kappa shape index (κ3) is 1.88. The third-order valence-corrected chi connectivity index (χ3v) is 3.32. The van der Waals surface area contributed by atoms with Crippen molar-refractivity contribution in [1.82, 2.24) is 4.98 Å². The van der Waals surface area contributed by atoms with Crippen LogP contribution in [0.4, 0.5) is 0 Å². The first-order chi connectivity index (χ1) is 7.85. The number of nitrogens with one attached hydrogen (secondary N) is 1. The normalized spacial score (nSPS) is 17.9. The average Bonchev–Trinajstić information content (AvgIpc) is 2.54. The van der Waals surface area contributed by atoms with Gasteiger partial charge in [-0.05, 0) is 23.8 Å². The molecule has 0 radical (unpaired) electrons. The van der Waals surface area contributed by atoms with Crippen LogP contribution in [0, 0.1) is 5.41 Å². The third-order valence-electron chi connectivity index (χ3n) is 3.32. The fourth-order valence-electron chi connectivity index (χ4n) is 2.67. The van der Waals surface area contributed by atoms with E-state index in [0.717, 1.165) is 12.1 Å². The minimum atomic E-state index is -0.984. The van der Waals surface area contributed by atoms with Gasteiger partial charge >= 0.3 is 5.97 Å². The van der Waals surface area contributed by atoms with Gasteiger partial charge in [0.05, 0.1) is 0 Å². The molecule has 1 aromatic rings. The standard InChI is InChI=1S/C13H17NO3/c1-4-7-10-8(14-11(7)12(16)17)5-13(2,3)6-9(10)15/h14H,4-6H2,1-3H3,(H,16,17). The average molecular weight is 235 g/mol. The van der Waals surface area contributed by atoms with Crippen molar-refractivity contribution in [2.45, 2.75) is 40.0 Å². The number of carbonyl (C=O) groups is 2. The van der Waals surface area contributed by atoms with Crippen LogP contribution in [-0.2, 0) is 12.8 Å². The first-order valence-corrected chi connectivity index (χ1v) is 5.86. The molecule has 1 heterocycles. The van der Waals surface area contributed by atoms with Crippen LogP contribution in [0.25, 0.3) is 0 Å². The molecule has 2 N–H and O–H groups in total. The number of fused-ring (bicyclic) bond motifs is 1. The van der Waals surface area contributed by atoms with Crippen molar-refractivity contribution in [1.29, 1.82) is 0 Å². The second kappa shape index (κ2) is 3.72. The maximum absolute atomic E-state index is 12.1. The topological polar surface area (TPSA) is 70.2 Å². The number of Topliss-reactive ketones (excluding diaryl/α,β-unsaturated/α-hetero) is 1. The van der Waals surface area contributed by atoms with Crippen LogP contribution in [0.5, 0.6) is 0 Å². The van der Waals surface area contributed by atoms with E-state index < -0.39 is 5.97 Å². The molecule has 4 heteroatoms. The number of ketones is 1. The summed E-state index contributed by atoms with van der Waals surface area (Å²) < 4.78 is 0. The van der Waals surface area contributed by atoms with E-state index in [1.165, 1.54) is 0 Å². The Morgan fingerprint density at radius 2 is 2.06 bits per heavy atom. The molecule has 0 spiro atoms. The lowest BCUT2D eigenvalue weighted by Crippen LogP contribution is -2.27. The van der Waals surface area contributed by atoms with Crippen molar-refractivity contribution in [3.05, 3.63) is 22.5 Å². The van der Waals surface area contributed by atoms with Crippen LogP contribution in [0.1, 0.15) is 59.3 Å². The van der Waals surface area contributed by atoms with E-state index >= 15 is 0 Å². The van der Waals surface area contributed by atoms with Crippen LogP contribution in [0.15, 0.2) is 0 Å². The molecule has 1 aromatic heterocycles. The molecule has 1 aliphatic rings. The maximum atomic E-state index is 12.1. The molecule has 0 aliphatic heterocycles. The predicted molar refractivity (Wildman–Crippen MR) is 63.6 cm³/mol. The van der Waals surface area contributed by atoms with Crippen molar-refractivity contribution in [3.8, 4) is 0 Å². The first-order valence-electron chi connectivity index (χ1n) is 5.86. The molecule has 1 aliphatic carbocycles. The molecule has 0 unspecified atom stereocenters. The number of rotatable bonds is 2. The van der Waals surface area contributed by atoms with Crippen molar-refractivity contribution in [3.63, 3.8) is 0 Å². The van der Waals surface area contributed by atoms with Gasteiger partial charge in [-0.15, -0.1) is 0 Å². The second-order valence-corrected chi connectivity index (χ2v) is 5.43. The number of aromatic amines is 1. The highest BCUT2D eigenvalue weighted by Gasteiger charge is 2.35. The Morgan fingerprint density at radius 1 is 1.41 bits per heavy atom. The van der Waals surface area contributed by atoms with Crippen molar-refractivity contribution in [2.75, 3.05) is 0 Å². The Morgan fingerprint density at radius 3 is 2.59 bits per heavy atom. The molecule has 0 saturated heterocycles. The highest BCUT2D eigenvalue weighted by molar-refractivity contribution is 6.03. The molecule has 0 amide bonds. The van der Waals surface area contributed by atoms with E-state index in [4.69, 9.17) is 5.11 Å². The number of carbonyl (C=O) groups excluding carboxylic acids is 1. The van der Waals surface area contributed by atoms with E-state index in [1.807, 2.05) is 20.8 Å². The van der Waals surface area contributed by atoms with Gasteiger partial charge in [0, 0.05) is 17.7 Å².